The Kier molecular flexibility index (Phi) is 5.45. The lowest BCUT2D eigenvalue weighted by Gasteiger charge is -2.32. The summed E-state index contributed by atoms with van der Waals surface area (Å²) in [5.41, 5.74) is 0. The number of hydrogen-bond donors (Lipinski definition) is 2. The second-order valence-corrected chi connectivity index (χ2v) is 5.69. The van der Waals surface area contributed by atoms with Crippen molar-refractivity contribution in [1.29, 1.82) is 0 Å². The summed E-state index contributed by atoms with van der Waals surface area (Å²) >= 11 is 0. The van der Waals surface area contributed by atoms with E-state index in [-0.39, 0.29) is 6.61 Å². The maximum atomic E-state index is 12.1. The van der Waals surface area contributed by atoms with Gasteiger partial charge in [0, 0.05) is 32.2 Å². The molecule has 0 aliphatic carbocycles. The normalized spacial score (nSPS) is 26.3. The lowest BCUT2D eigenvalue weighted by Crippen LogP contribution is -2.40. The Morgan fingerprint density at radius 2 is 2.00 bits per heavy atom. The number of nitrogens with zero attached hydrogens (tertiary/aromatic N) is 1. The first-order valence-corrected chi connectivity index (χ1v) is 7.41. The molecule has 2 rings (SSSR count). The highest BCUT2D eigenvalue weighted by atomic mass is 16.3. The van der Waals surface area contributed by atoms with Gasteiger partial charge in [-0.05, 0) is 44.6 Å². The van der Waals surface area contributed by atoms with Crippen LogP contribution in [-0.2, 0) is 4.79 Å². The van der Waals surface area contributed by atoms with Crippen LogP contribution < -0.4 is 5.32 Å². The zero-order chi connectivity index (χ0) is 12.8. The van der Waals surface area contributed by atoms with Gasteiger partial charge in [-0.15, -0.1) is 0 Å². The zero-order valence-corrected chi connectivity index (χ0v) is 11.2. The monoisotopic (exact) mass is 254 g/mol. The van der Waals surface area contributed by atoms with Crippen LogP contribution in [0.15, 0.2) is 0 Å². The molecule has 2 aliphatic rings. The van der Waals surface area contributed by atoms with Crippen molar-refractivity contribution in [2.75, 3.05) is 26.2 Å². The third-order valence-corrected chi connectivity index (χ3v) is 4.34. The zero-order valence-electron chi connectivity index (χ0n) is 11.2. The van der Waals surface area contributed by atoms with Gasteiger partial charge in [-0.2, -0.15) is 0 Å². The van der Waals surface area contributed by atoms with Gasteiger partial charge in [-0.1, -0.05) is 6.42 Å². The summed E-state index contributed by atoms with van der Waals surface area (Å²) in [5, 5.41) is 12.6. The molecular weight excluding hydrogens is 228 g/mol. The number of likely N-dealkylation sites (tertiary alicyclic amines) is 1. The quantitative estimate of drug-likeness (QED) is 0.791. The summed E-state index contributed by atoms with van der Waals surface area (Å²) in [6.07, 6.45) is 7.39. The topological polar surface area (TPSA) is 52.6 Å². The third kappa shape index (κ3) is 3.95. The first-order chi connectivity index (χ1) is 8.79. The van der Waals surface area contributed by atoms with Gasteiger partial charge >= 0.3 is 0 Å². The van der Waals surface area contributed by atoms with Crippen molar-refractivity contribution in [2.45, 2.75) is 51.0 Å². The van der Waals surface area contributed by atoms with Crippen molar-refractivity contribution in [3.63, 3.8) is 0 Å². The van der Waals surface area contributed by atoms with Crippen LogP contribution in [-0.4, -0.2) is 48.2 Å². The van der Waals surface area contributed by atoms with Crippen molar-refractivity contribution in [3.05, 3.63) is 0 Å². The van der Waals surface area contributed by atoms with Crippen LogP contribution in [0.2, 0.25) is 0 Å². The molecule has 1 amide bonds. The molecule has 0 saturated carbocycles. The molecule has 2 N–H and O–H groups in total. The van der Waals surface area contributed by atoms with Gasteiger partial charge in [0.2, 0.25) is 5.91 Å². The number of nitrogens with one attached hydrogen (secondary N) is 1. The number of carbonyl (C=O) groups is 1. The van der Waals surface area contributed by atoms with Gasteiger partial charge in [-0.25, -0.2) is 0 Å². The highest BCUT2D eigenvalue weighted by Crippen LogP contribution is 2.18. The van der Waals surface area contributed by atoms with E-state index in [1.807, 2.05) is 4.90 Å². The van der Waals surface area contributed by atoms with Crippen molar-refractivity contribution in [1.82, 2.24) is 10.2 Å². The minimum absolute atomic E-state index is 0.272. The molecule has 2 fully saturated rings. The molecule has 2 saturated heterocycles. The van der Waals surface area contributed by atoms with Gasteiger partial charge < -0.3 is 15.3 Å². The van der Waals surface area contributed by atoms with Gasteiger partial charge in [0.15, 0.2) is 0 Å². The molecule has 1 atom stereocenters. The molecule has 4 nitrogen and oxygen atoms in total. The fourth-order valence-electron chi connectivity index (χ4n) is 2.99. The van der Waals surface area contributed by atoms with E-state index in [0.717, 1.165) is 38.9 Å². The molecule has 4 heteroatoms. The molecule has 2 aliphatic heterocycles. The Morgan fingerprint density at radius 3 is 2.61 bits per heavy atom. The Morgan fingerprint density at radius 1 is 1.22 bits per heavy atom. The lowest BCUT2D eigenvalue weighted by molar-refractivity contribution is -0.133. The molecule has 0 spiro atoms. The average Bonchev–Trinajstić information content (AvgIpc) is 2.46. The number of carbonyl (C=O) groups excluding carboxylic acids is 1. The SMILES string of the molecule is O=C(CCC1CCCCN1)N1CCC(CO)CC1. The van der Waals surface area contributed by atoms with Crippen molar-refractivity contribution in [3.8, 4) is 0 Å². The fraction of sp³-hybridized carbons (Fsp3) is 0.929. The molecule has 0 aromatic heterocycles. The second-order valence-electron chi connectivity index (χ2n) is 5.69. The molecule has 1 unspecified atom stereocenters. The van der Waals surface area contributed by atoms with Crippen molar-refractivity contribution >= 4 is 5.91 Å². The summed E-state index contributed by atoms with van der Waals surface area (Å²) in [6, 6.07) is 0.553. The third-order valence-electron chi connectivity index (χ3n) is 4.34. The van der Waals surface area contributed by atoms with Crippen LogP contribution in [0.5, 0.6) is 0 Å². The van der Waals surface area contributed by atoms with Crippen LogP contribution in [0.1, 0.15) is 44.9 Å². The van der Waals surface area contributed by atoms with E-state index >= 15 is 0 Å². The smallest absolute Gasteiger partial charge is 0.222 e. The van der Waals surface area contributed by atoms with Crippen LogP contribution >= 0.6 is 0 Å². The van der Waals surface area contributed by atoms with Crippen LogP contribution in [0.4, 0.5) is 0 Å². The maximum absolute atomic E-state index is 12.1. The molecule has 0 radical (unpaired) electrons. The molecule has 104 valence electrons. The summed E-state index contributed by atoms with van der Waals surface area (Å²) in [7, 11) is 0. The van der Waals surface area contributed by atoms with Gasteiger partial charge in [0.05, 0.1) is 0 Å². The predicted molar refractivity (Wildman–Crippen MR) is 71.3 cm³/mol. The van der Waals surface area contributed by atoms with E-state index < -0.39 is 0 Å². The van der Waals surface area contributed by atoms with E-state index in [1.54, 1.807) is 0 Å². The molecule has 0 bridgehead atoms. The van der Waals surface area contributed by atoms with E-state index in [1.165, 1.54) is 19.3 Å². The van der Waals surface area contributed by atoms with E-state index in [4.69, 9.17) is 5.11 Å². The Balaban J connectivity index is 1.65. The largest absolute Gasteiger partial charge is 0.396 e. The molecule has 0 aromatic rings. The Hall–Kier alpha value is -0.610. The predicted octanol–water partition coefficient (Wildman–Crippen LogP) is 1.14. The average molecular weight is 254 g/mol. The van der Waals surface area contributed by atoms with E-state index in [9.17, 15) is 4.79 Å². The van der Waals surface area contributed by atoms with Gasteiger partial charge in [-0.3, -0.25) is 4.79 Å². The summed E-state index contributed by atoms with van der Waals surface area (Å²) < 4.78 is 0. The lowest BCUT2D eigenvalue weighted by atomic mass is 9.96. The number of amides is 1. The van der Waals surface area contributed by atoms with Crippen LogP contribution in [0, 0.1) is 5.92 Å². The number of aliphatic hydroxyl groups is 1. The van der Waals surface area contributed by atoms with E-state index in [2.05, 4.69) is 5.32 Å². The number of piperidine rings is 2. The maximum Gasteiger partial charge on any atom is 0.222 e. The van der Waals surface area contributed by atoms with Gasteiger partial charge in [0.25, 0.3) is 0 Å². The Labute approximate surface area is 110 Å². The number of rotatable bonds is 4. The standard InChI is InChI=1S/C14H26N2O2/c17-11-12-6-9-16(10-7-12)14(18)5-4-13-3-1-2-8-15-13/h12-13,15,17H,1-11H2. The molecule has 0 aromatic carbocycles. The highest BCUT2D eigenvalue weighted by molar-refractivity contribution is 5.76. The number of aliphatic hydroxyl groups excluding tert-OH is 1. The second kappa shape index (κ2) is 7.10. The minimum atomic E-state index is 0.272. The summed E-state index contributed by atoms with van der Waals surface area (Å²) in [5.74, 6) is 0.716. The van der Waals surface area contributed by atoms with Crippen molar-refractivity contribution < 1.29 is 9.90 Å². The summed E-state index contributed by atoms with van der Waals surface area (Å²) in [4.78, 5) is 14.1. The molecule has 18 heavy (non-hydrogen) atoms. The summed E-state index contributed by atoms with van der Waals surface area (Å²) in [6.45, 7) is 3.05. The minimum Gasteiger partial charge on any atom is -0.396 e. The van der Waals surface area contributed by atoms with Gasteiger partial charge in [0.1, 0.15) is 0 Å². The molecule has 2 heterocycles. The molecular formula is C14H26N2O2. The highest BCUT2D eigenvalue weighted by Gasteiger charge is 2.23. The van der Waals surface area contributed by atoms with Crippen LogP contribution in [0.25, 0.3) is 0 Å². The first kappa shape index (κ1) is 13.8. The van der Waals surface area contributed by atoms with Crippen molar-refractivity contribution in [2.24, 2.45) is 5.92 Å². The Bertz CT molecular complexity index is 257. The fourth-order valence-corrected chi connectivity index (χ4v) is 2.99. The van der Waals surface area contributed by atoms with Crippen LogP contribution in [0.3, 0.4) is 0 Å². The van der Waals surface area contributed by atoms with E-state index in [0.29, 0.717) is 24.3 Å². The number of hydrogen-bond acceptors (Lipinski definition) is 3. The first-order valence-electron chi connectivity index (χ1n) is 7.41.